The number of methoxy groups -OCH3 is 2. The maximum absolute atomic E-state index is 13.8. The summed E-state index contributed by atoms with van der Waals surface area (Å²) in [6.45, 7) is 7.50. The number of hydrogen-bond donors (Lipinski definition) is 1. The molecule has 0 unspecified atom stereocenters. The first-order valence-electron chi connectivity index (χ1n) is 12.4. The number of allylic oxidation sites excluding steroid dienone is 2. The van der Waals surface area contributed by atoms with Crippen molar-refractivity contribution in [2.24, 2.45) is 28.1 Å². The Labute approximate surface area is 210 Å². The van der Waals surface area contributed by atoms with Crippen molar-refractivity contribution in [2.45, 2.75) is 64.8 Å². The summed E-state index contributed by atoms with van der Waals surface area (Å²) in [4.78, 5) is 39.6. The second-order valence-electron chi connectivity index (χ2n) is 11.3. The topological polar surface area (TPSA) is 112 Å². The van der Waals surface area contributed by atoms with Gasteiger partial charge in [0.05, 0.1) is 56.9 Å². The van der Waals surface area contributed by atoms with E-state index in [1.54, 1.807) is 26.4 Å². The molecule has 4 aliphatic rings. The van der Waals surface area contributed by atoms with Crippen molar-refractivity contribution in [1.29, 1.82) is 0 Å². The third kappa shape index (κ3) is 2.97. The lowest BCUT2D eigenvalue weighted by Gasteiger charge is -2.61. The molecule has 2 heterocycles. The molecule has 1 aromatic rings. The number of aliphatic hydroxyl groups is 1. The van der Waals surface area contributed by atoms with E-state index in [1.165, 1.54) is 26.4 Å². The zero-order valence-electron chi connectivity index (χ0n) is 21.6. The van der Waals surface area contributed by atoms with Crippen LogP contribution in [0.1, 0.15) is 52.0 Å². The van der Waals surface area contributed by atoms with Gasteiger partial charge in [-0.3, -0.25) is 14.4 Å². The van der Waals surface area contributed by atoms with E-state index in [2.05, 4.69) is 6.92 Å². The predicted octanol–water partition coefficient (Wildman–Crippen LogP) is 3.35. The summed E-state index contributed by atoms with van der Waals surface area (Å²) in [5.41, 5.74) is -0.215. The number of ether oxygens (including phenoxy) is 3. The van der Waals surface area contributed by atoms with E-state index >= 15 is 0 Å². The first kappa shape index (κ1) is 25.0. The van der Waals surface area contributed by atoms with Crippen LogP contribution in [-0.2, 0) is 28.6 Å². The Hall–Kier alpha value is -2.71. The van der Waals surface area contributed by atoms with E-state index in [-0.39, 0.29) is 24.2 Å². The second-order valence-corrected chi connectivity index (χ2v) is 11.3. The number of hydrogen-bond acceptors (Lipinski definition) is 8. The molecule has 0 bridgehead atoms. The van der Waals surface area contributed by atoms with Gasteiger partial charge in [0.15, 0.2) is 5.78 Å². The van der Waals surface area contributed by atoms with Gasteiger partial charge < -0.3 is 23.7 Å². The Kier molecular flexibility index (Phi) is 5.65. The van der Waals surface area contributed by atoms with Crippen molar-refractivity contribution < 1.29 is 38.1 Å². The number of carbonyl (C=O) groups is 3. The standard InChI is InChI=1S/C28H34O8/c1-14-16(15-8-10-35-13-15)11-17-21(14)28(4)18(12-20(30)33-5)27(3)19(29)7-9-26(2,25(32)34-6)23(27)22(31)24(28)36-17/h7-10,13,16-18,22-24,31H,11-12H2,1-6H3/t16-,17+,18-,22-,23+,24+,26-,27-,28+/m1/s1. The Morgan fingerprint density at radius 1 is 1.17 bits per heavy atom. The SMILES string of the molecule is COC(=O)C[C@@H]1[C@]2(C)C(=O)C=C[C@@](C)(C(=O)OC)[C@@H]2[C@@H](O)[C@@H]2O[C@H]3C[C@@H](c4ccoc4)C(C)=C3[C@]12C. The van der Waals surface area contributed by atoms with Gasteiger partial charge in [-0.25, -0.2) is 0 Å². The van der Waals surface area contributed by atoms with Crippen LogP contribution < -0.4 is 0 Å². The lowest BCUT2D eigenvalue weighted by atomic mass is 9.41. The molecule has 1 aliphatic heterocycles. The van der Waals surface area contributed by atoms with E-state index in [1.807, 2.05) is 13.0 Å². The van der Waals surface area contributed by atoms with Crippen molar-refractivity contribution in [3.63, 3.8) is 0 Å². The van der Waals surface area contributed by atoms with Gasteiger partial charge in [0.1, 0.15) is 0 Å². The zero-order valence-corrected chi connectivity index (χ0v) is 21.6. The van der Waals surface area contributed by atoms with Crippen molar-refractivity contribution >= 4 is 17.7 Å². The number of esters is 2. The summed E-state index contributed by atoms with van der Waals surface area (Å²) in [6, 6.07) is 1.94. The van der Waals surface area contributed by atoms with Gasteiger partial charge >= 0.3 is 11.9 Å². The zero-order chi connectivity index (χ0) is 26.2. The van der Waals surface area contributed by atoms with Crippen LogP contribution in [0.3, 0.4) is 0 Å². The first-order valence-corrected chi connectivity index (χ1v) is 12.4. The highest BCUT2D eigenvalue weighted by atomic mass is 16.5. The Morgan fingerprint density at radius 2 is 1.89 bits per heavy atom. The van der Waals surface area contributed by atoms with Gasteiger partial charge in [-0.1, -0.05) is 25.5 Å². The minimum atomic E-state index is -1.28. The number of rotatable bonds is 4. The van der Waals surface area contributed by atoms with Crippen LogP contribution in [-0.4, -0.2) is 55.4 Å². The molecule has 194 valence electrons. The van der Waals surface area contributed by atoms with Gasteiger partial charge in [-0.15, -0.1) is 0 Å². The first-order chi connectivity index (χ1) is 17.0. The lowest BCUT2D eigenvalue weighted by Crippen LogP contribution is -2.69. The fourth-order valence-corrected chi connectivity index (χ4v) is 8.29. The van der Waals surface area contributed by atoms with E-state index in [0.29, 0.717) is 6.42 Å². The Morgan fingerprint density at radius 3 is 2.50 bits per heavy atom. The lowest BCUT2D eigenvalue weighted by molar-refractivity contribution is -0.216. The molecule has 1 saturated carbocycles. The van der Waals surface area contributed by atoms with Crippen LogP contribution in [0.4, 0.5) is 0 Å². The number of fused-ring (bicyclic) bond motifs is 4. The molecule has 8 nitrogen and oxygen atoms in total. The molecule has 9 atom stereocenters. The van der Waals surface area contributed by atoms with Crippen LogP contribution in [0.5, 0.6) is 0 Å². The molecular weight excluding hydrogens is 464 g/mol. The van der Waals surface area contributed by atoms with Crippen molar-refractivity contribution in [2.75, 3.05) is 14.2 Å². The van der Waals surface area contributed by atoms with E-state index in [0.717, 1.165) is 16.7 Å². The third-order valence-corrected chi connectivity index (χ3v) is 9.87. The Balaban J connectivity index is 1.73. The minimum absolute atomic E-state index is 0.0523. The molecule has 5 rings (SSSR count). The van der Waals surface area contributed by atoms with Crippen LogP contribution in [0.25, 0.3) is 0 Å². The molecule has 36 heavy (non-hydrogen) atoms. The molecule has 1 N–H and O–H groups in total. The molecule has 1 aromatic heterocycles. The van der Waals surface area contributed by atoms with Gasteiger partial charge in [-0.05, 0) is 49.5 Å². The summed E-state index contributed by atoms with van der Waals surface area (Å²) < 4.78 is 22.1. The molecule has 0 aromatic carbocycles. The minimum Gasteiger partial charge on any atom is -0.472 e. The molecule has 0 spiro atoms. The smallest absolute Gasteiger partial charge is 0.315 e. The average molecular weight is 499 g/mol. The quantitative estimate of drug-likeness (QED) is 0.497. The van der Waals surface area contributed by atoms with Gasteiger partial charge in [0.25, 0.3) is 0 Å². The number of carbonyl (C=O) groups excluding carboxylic acids is 3. The van der Waals surface area contributed by atoms with Crippen molar-refractivity contribution in [3.05, 3.63) is 47.5 Å². The summed E-state index contributed by atoms with van der Waals surface area (Å²) >= 11 is 0. The highest BCUT2D eigenvalue weighted by molar-refractivity contribution is 5.99. The number of ketones is 1. The molecule has 1 saturated heterocycles. The average Bonchev–Trinajstić information content (AvgIpc) is 3.56. The summed E-state index contributed by atoms with van der Waals surface area (Å²) in [6.07, 6.45) is 4.78. The highest BCUT2D eigenvalue weighted by Crippen LogP contribution is 2.70. The highest BCUT2D eigenvalue weighted by Gasteiger charge is 2.74. The van der Waals surface area contributed by atoms with Crippen LogP contribution in [0.15, 0.2) is 46.3 Å². The van der Waals surface area contributed by atoms with Gasteiger partial charge in [0, 0.05) is 22.7 Å². The maximum Gasteiger partial charge on any atom is 0.315 e. The molecule has 2 fully saturated rings. The predicted molar refractivity (Wildman–Crippen MR) is 128 cm³/mol. The largest absolute Gasteiger partial charge is 0.472 e. The van der Waals surface area contributed by atoms with E-state index in [9.17, 15) is 19.5 Å². The fourth-order valence-electron chi connectivity index (χ4n) is 8.29. The van der Waals surface area contributed by atoms with Crippen LogP contribution >= 0.6 is 0 Å². The second kappa shape index (κ2) is 8.15. The molecule has 0 radical (unpaired) electrons. The third-order valence-electron chi connectivity index (χ3n) is 9.87. The summed E-state index contributed by atoms with van der Waals surface area (Å²) in [7, 11) is 2.62. The normalized spacial score (nSPS) is 43.1. The molecule has 0 amide bonds. The molecule has 3 aliphatic carbocycles. The fraction of sp³-hybridized carbons (Fsp3) is 0.607. The van der Waals surface area contributed by atoms with Gasteiger partial charge in [-0.2, -0.15) is 0 Å². The summed E-state index contributed by atoms with van der Waals surface area (Å²) in [5, 5.41) is 11.9. The molecular formula is C28H34O8. The van der Waals surface area contributed by atoms with Crippen molar-refractivity contribution in [1.82, 2.24) is 0 Å². The monoisotopic (exact) mass is 498 g/mol. The van der Waals surface area contributed by atoms with E-state index in [4.69, 9.17) is 18.6 Å². The van der Waals surface area contributed by atoms with Gasteiger partial charge in [0.2, 0.25) is 0 Å². The molecule has 8 heteroatoms. The van der Waals surface area contributed by atoms with Crippen molar-refractivity contribution in [3.8, 4) is 0 Å². The number of furan rings is 1. The van der Waals surface area contributed by atoms with Crippen LogP contribution in [0.2, 0.25) is 0 Å². The Bertz CT molecular complexity index is 1160. The number of aliphatic hydroxyl groups excluding tert-OH is 1. The summed E-state index contributed by atoms with van der Waals surface area (Å²) in [5.74, 6) is -2.60. The van der Waals surface area contributed by atoms with Crippen LogP contribution in [0, 0.1) is 28.1 Å². The van der Waals surface area contributed by atoms with E-state index < -0.39 is 52.2 Å². The maximum atomic E-state index is 13.8.